The average molecular weight is 234 g/mol. The maximum atomic E-state index is 11.5. The summed E-state index contributed by atoms with van der Waals surface area (Å²) in [7, 11) is 0. The molecular weight excluding hydrogens is 220 g/mol. The number of nitrogens with zero attached hydrogens (tertiary/aromatic N) is 1. The molecule has 0 aliphatic carbocycles. The van der Waals surface area contributed by atoms with Gasteiger partial charge in [0.15, 0.2) is 0 Å². The number of thioether (sulfide) groups is 1. The molecule has 0 unspecified atom stereocenters. The molecule has 0 spiro atoms. The fraction of sp³-hybridized carbons (Fsp3) is 0.333. The van der Waals surface area contributed by atoms with Crippen molar-refractivity contribution in [2.75, 3.05) is 16.8 Å². The van der Waals surface area contributed by atoms with Gasteiger partial charge in [-0.15, -0.1) is 0 Å². The molecule has 0 heterocycles. The lowest BCUT2D eigenvalue weighted by atomic mass is 10.2. The molecule has 0 atom stereocenters. The Bertz CT molecular complexity index is 398. The van der Waals surface area contributed by atoms with Gasteiger partial charge in [0, 0.05) is 5.69 Å². The summed E-state index contributed by atoms with van der Waals surface area (Å²) in [6, 6.07) is 8.95. The van der Waals surface area contributed by atoms with Gasteiger partial charge in [0.25, 0.3) is 0 Å². The Morgan fingerprint density at radius 2 is 2.38 bits per heavy atom. The molecule has 0 radical (unpaired) electrons. The van der Waals surface area contributed by atoms with Crippen LogP contribution in [0, 0.1) is 11.3 Å². The number of amides is 1. The molecule has 3 nitrogen and oxygen atoms in total. The lowest BCUT2D eigenvalue weighted by molar-refractivity contribution is -0.113. The minimum atomic E-state index is -0.0199. The maximum absolute atomic E-state index is 11.5. The van der Waals surface area contributed by atoms with E-state index in [1.165, 1.54) is 0 Å². The summed E-state index contributed by atoms with van der Waals surface area (Å²) in [5.74, 6) is 1.43. The molecule has 1 aromatic carbocycles. The molecule has 1 N–H and O–H groups in total. The van der Waals surface area contributed by atoms with Crippen molar-refractivity contribution < 1.29 is 4.79 Å². The Labute approximate surface area is 99.8 Å². The van der Waals surface area contributed by atoms with Crippen LogP contribution in [0.15, 0.2) is 24.3 Å². The van der Waals surface area contributed by atoms with Crippen molar-refractivity contribution in [2.45, 2.75) is 13.3 Å². The van der Waals surface area contributed by atoms with Crippen LogP contribution in [0.25, 0.3) is 0 Å². The molecule has 1 aromatic rings. The first-order valence-corrected chi connectivity index (χ1v) is 6.29. The second-order valence-electron chi connectivity index (χ2n) is 3.29. The normalized spacial score (nSPS) is 9.50. The van der Waals surface area contributed by atoms with E-state index in [-0.39, 0.29) is 5.91 Å². The topological polar surface area (TPSA) is 52.9 Å². The number of rotatable bonds is 5. The minimum Gasteiger partial charge on any atom is -0.325 e. The van der Waals surface area contributed by atoms with Gasteiger partial charge in [0.2, 0.25) is 5.91 Å². The number of nitriles is 1. The quantitative estimate of drug-likeness (QED) is 0.797. The fourth-order valence-electron chi connectivity index (χ4n) is 1.17. The van der Waals surface area contributed by atoms with E-state index in [4.69, 9.17) is 5.26 Å². The van der Waals surface area contributed by atoms with Crippen LogP contribution in [0.5, 0.6) is 0 Å². The summed E-state index contributed by atoms with van der Waals surface area (Å²) in [5.41, 5.74) is 1.24. The summed E-state index contributed by atoms with van der Waals surface area (Å²) in [4.78, 5) is 11.5. The largest absolute Gasteiger partial charge is 0.325 e. The highest BCUT2D eigenvalue weighted by atomic mass is 32.2. The molecule has 0 saturated carbocycles. The molecule has 0 aliphatic heterocycles. The molecule has 0 fully saturated rings. The second kappa shape index (κ2) is 6.91. The summed E-state index contributed by atoms with van der Waals surface area (Å²) in [6.07, 6.45) is 1.07. The highest BCUT2D eigenvalue weighted by molar-refractivity contribution is 7.99. The zero-order chi connectivity index (χ0) is 11.8. The van der Waals surface area contributed by atoms with Crippen LogP contribution in [-0.4, -0.2) is 17.4 Å². The number of carbonyl (C=O) groups excluding carboxylic acids is 1. The van der Waals surface area contributed by atoms with Crippen molar-refractivity contribution in [3.05, 3.63) is 29.8 Å². The van der Waals surface area contributed by atoms with Crippen molar-refractivity contribution in [3.8, 4) is 6.07 Å². The van der Waals surface area contributed by atoms with E-state index in [1.807, 2.05) is 6.07 Å². The molecule has 0 bridgehead atoms. The smallest absolute Gasteiger partial charge is 0.234 e. The van der Waals surface area contributed by atoms with E-state index in [1.54, 1.807) is 36.0 Å². The van der Waals surface area contributed by atoms with E-state index in [0.717, 1.165) is 12.2 Å². The second-order valence-corrected chi connectivity index (χ2v) is 4.40. The number of nitrogens with one attached hydrogen (secondary N) is 1. The van der Waals surface area contributed by atoms with E-state index in [0.29, 0.717) is 17.0 Å². The standard InChI is InChI=1S/C12H14N2OS/c1-2-6-16-9-12(15)14-11-5-3-4-10(7-11)8-13/h3-5,7H,2,6,9H2,1H3,(H,14,15). The van der Waals surface area contributed by atoms with Crippen LogP contribution in [0.3, 0.4) is 0 Å². The third-order valence-electron chi connectivity index (χ3n) is 1.86. The lowest BCUT2D eigenvalue weighted by Crippen LogP contribution is -2.14. The van der Waals surface area contributed by atoms with Crippen molar-refractivity contribution in [1.29, 1.82) is 5.26 Å². The molecule has 1 rings (SSSR count). The average Bonchev–Trinajstić information content (AvgIpc) is 2.29. The third kappa shape index (κ3) is 4.37. The monoisotopic (exact) mass is 234 g/mol. The van der Waals surface area contributed by atoms with Crippen LogP contribution in [0.4, 0.5) is 5.69 Å². The van der Waals surface area contributed by atoms with Crippen LogP contribution in [0.2, 0.25) is 0 Å². The van der Waals surface area contributed by atoms with E-state index < -0.39 is 0 Å². The minimum absolute atomic E-state index is 0.0199. The molecule has 16 heavy (non-hydrogen) atoms. The Morgan fingerprint density at radius 1 is 1.56 bits per heavy atom. The van der Waals surface area contributed by atoms with Gasteiger partial charge in [-0.05, 0) is 30.4 Å². The Hall–Kier alpha value is -1.47. The summed E-state index contributed by atoms with van der Waals surface area (Å²) in [5, 5.41) is 11.5. The molecule has 0 aliphatic rings. The zero-order valence-corrected chi connectivity index (χ0v) is 10.0. The van der Waals surface area contributed by atoms with Gasteiger partial charge in [-0.25, -0.2) is 0 Å². The SMILES string of the molecule is CCCSCC(=O)Nc1cccc(C#N)c1. The van der Waals surface area contributed by atoms with Crippen LogP contribution >= 0.6 is 11.8 Å². The number of benzene rings is 1. The van der Waals surface area contributed by atoms with Crippen molar-refractivity contribution in [2.24, 2.45) is 0 Å². The van der Waals surface area contributed by atoms with Gasteiger partial charge in [0.1, 0.15) is 0 Å². The predicted molar refractivity (Wildman–Crippen MR) is 67.4 cm³/mol. The van der Waals surface area contributed by atoms with E-state index in [9.17, 15) is 4.79 Å². The maximum Gasteiger partial charge on any atom is 0.234 e. The van der Waals surface area contributed by atoms with Crippen LogP contribution in [0.1, 0.15) is 18.9 Å². The summed E-state index contributed by atoms with van der Waals surface area (Å²) in [6.45, 7) is 2.08. The van der Waals surface area contributed by atoms with Crippen molar-refractivity contribution >= 4 is 23.4 Å². The fourth-order valence-corrected chi connectivity index (χ4v) is 1.86. The first-order chi connectivity index (χ1) is 7.76. The molecular formula is C12H14N2OS. The van der Waals surface area contributed by atoms with Gasteiger partial charge >= 0.3 is 0 Å². The molecule has 0 saturated heterocycles. The predicted octanol–water partition coefficient (Wildman–Crippen LogP) is 2.64. The molecule has 4 heteroatoms. The molecule has 84 valence electrons. The van der Waals surface area contributed by atoms with E-state index >= 15 is 0 Å². The van der Waals surface area contributed by atoms with Crippen LogP contribution < -0.4 is 5.32 Å². The Balaban J connectivity index is 2.47. The number of carbonyl (C=O) groups is 1. The van der Waals surface area contributed by atoms with Crippen molar-refractivity contribution in [3.63, 3.8) is 0 Å². The summed E-state index contributed by atoms with van der Waals surface area (Å²) < 4.78 is 0. The van der Waals surface area contributed by atoms with Crippen LogP contribution in [-0.2, 0) is 4.79 Å². The third-order valence-corrected chi connectivity index (χ3v) is 3.02. The molecule has 1 amide bonds. The first-order valence-electron chi connectivity index (χ1n) is 5.14. The van der Waals surface area contributed by atoms with Gasteiger partial charge in [0.05, 0.1) is 17.4 Å². The zero-order valence-electron chi connectivity index (χ0n) is 9.19. The van der Waals surface area contributed by atoms with Crippen molar-refractivity contribution in [1.82, 2.24) is 0 Å². The van der Waals surface area contributed by atoms with Gasteiger partial charge in [-0.1, -0.05) is 13.0 Å². The number of hydrogen-bond acceptors (Lipinski definition) is 3. The number of anilines is 1. The number of hydrogen-bond donors (Lipinski definition) is 1. The van der Waals surface area contributed by atoms with Gasteiger partial charge in [-0.3, -0.25) is 4.79 Å². The highest BCUT2D eigenvalue weighted by Crippen LogP contribution is 2.10. The first kappa shape index (κ1) is 12.6. The van der Waals surface area contributed by atoms with Gasteiger partial charge in [-0.2, -0.15) is 17.0 Å². The lowest BCUT2D eigenvalue weighted by Gasteiger charge is -2.04. The summed E-state index contributed by atoms with van der Waals surface area (Å²) >= 11 is 1.61. The Kier molecular flexibility index (Phi) is 5.44. The highest BCUT2D eigenvalue weighted by Gasteiger charge is 2.02. The van der Waals surface area contributed by atoms with E-state index in [2.05, 4.69) is 12.2 Å². The Morgan fingerprint density at radius 3 is 3.06 bits per heavy atom. The van der Waals surface area contributed by atoms with Gasteiger partial charge < -0.3 is 5.32 Å². The molecule has 0 aromatic heterocycles.